The maximum Gasteiger partial charge on any atom is 0.233 e. The predicted molar refractivity (Wildman–Crippen MR) is 66.4 cm³/mol. The summed E-state index contributed by atoms with van der Waals surface area (Å²) < 4.78 is 4.89. The van der Waals surface area contributed by atoms with Gasteiger partial charge >= 0.3 is 0 Å². The van der Waals surface area contributed by atoms with Crippen molar-refractivity contribution in [2.75, 3.05) is 33.4 Å². The Bertz CT molecular complexity index is 188. The van der Waals surface area contributed by atoms with Crippen molar-refractivity contribution in [3.8, 4) is 0 Å². The Morgan fingerprint density at radius 1 is 1.25 bits per heavy atom. The summed E-state index contributed by atoms with van der Waals surface area (Å²) in [6.45, 7) is 9.25. The molecule has 1 amide bonds. The second-order valence-corrected chi connectivity index (χ2v) is 5.18. The zero-order valence-electron chi connectivity index (χ0n) is 11.1. The van der Waals surface area contributed by atoms with Crippen LogP contribution in [0.5, 0.6) is 0 Å². The number of carbonyl (C=O) groups excluding carboxylic acids is 1. The first-order valence-electron chi connectivity index (χ1n) is 5.92. The highest BCUT2D eigenvalue weighted by Crippen LogP contribution is 2.16. The molecule has 4 heteroatoms. The first kappa shape index (κ1) is 15.4. The van der Waals surface area contributed by atoms with Gasteiger partial charge in [0.05, 0.1) is 6.54 Å². The molecule has 16 heavy (non-hydrogen) atoms. The van der Waals surface area contributed by atoms with E-state index in [4.69, 9.17) is 4.74 Å². The van der Waals surface area contributed by atoms with Gasteiger partial charge in [0.25, 0.3) is 0 Å². The van der Waals surface area contributed by atoms with E-state index in [0.717, 1.165) is 19.4 Å². The Morgan fingerprint density at radius 3 is 2.50 bits per heavy atom. The molecule has 0 atom stereocenters. The molecule has 0 saturated heterocycles. The molecule has 0 unspecified atom stereocenters. The quantitative estimate of drug-likeness (QED) is 0.615. The molecule has 0 aliphatic carbocycles. The summed E-state index contributed by atoms with van der Waals surface area (Å²) in [5.74, 6) is 0.0602. The minimum Gasteiger partial charge on any atom is -0.385 e. The molecule has 0 bridgehead atoms. The number of hydrogen-bond donors (Lipinski definition) is 2. The van der Waals surface area contributed by atoms with Gasteiger partial charge in [0, 0.05) is 20.3 Å². The lowest BCUT2D eigenvalue weighted by Gasteiger charge is -2.17. The van der Waals surface area contributed by atoms with Gasteiger partial charge in [-0.3, -0.25) is 4.79 Å². The smallest absolute Gasteiger partial charge is 0.233 e. The topological polar surface area (TPSA) is 50.4 Å². The zero-order valence-corrected chi connectivity index (χ0v) is 11.1. The van der Waals surface area contributed by atoms with Crippen molar-refractivity contribution >= 4 is 5.91 Å². The van der Waals surface area contributed by atoms with Gasteiger partial charge in [0.15, 0.2) is 0 Å². The van der Waals surface area contributed by atoms with Crippen molar-refractivity contribution in [1.82, 2.24) is 10.6 Å². The average molecular weight is 230 g/mol. The van der Waals surface area contributed by atoms with Gasteiger partial charge in [-0.2, -0.15) is 0 Å². The monoisotopic (exact) mass is 230 g/mol. The van der Waals surface area contributed by atoms with E-state index >= 15 is 0 Å². The van der Waals surface area contributed by atoms with Crippen LogP contribution in [0.4, 0.5) is 0 Å². The lowest BCUT2D eigenvalue weighted by atomic mass is 9.92. The fraction of sp³-hybridized carbons (Fsp3) is 0.917. The molecule has 4 nitrogen and oxygen atoms in total. The summed E-state index contributed by atoms with van der Waals surface area (Å²) in [5, 5.41) is 5.97. The van der Waals surface area contributed by atoms with Gasteiger partial charge in [-0.15, -0.1) is 0 Å². The molecule has 96 valence electrons. The van der Waals surface area contributed by atoms with Crippen LogP contribution >= 0.6 is 0 Å². The Morgan fingerprint density at radius 2 is 1.94 bits per heavy atom. The Hall–Kier alpha value is -0.610. The fourth-order valence-corrected chi connectivity index (χ4v) is 1.17. The number of ether oxygens (including phenoxy) is 1. The SMILES string of the molecule is COCCCNC(=O)CNCCC(C)(C)C. The minimum atomic E-state index is 0.0602. The van der Waals surface area contributed by atoms with Crippen molar-refractivity contribution in [3.05, 3.63) is 0 Å². The average Bonchev–Trinajstić information content (AvgIpc) is 2.18. The molecule has 0 rings (SSSR count). The molecule has 0 spiro atoms. The molecule has 0 aliphatic rings. The van der Waals surface area contributed by atoms with Crippen LogP contribution in [0.25, 0.3) is 0 Å². The summed E-state index contributed by atoms with van der Waals surface area (Å²) in [5.41, 5.74) is 0.321. The van der Waals surface area contributed by atoms with E-state index in [9.17, 15) is 4.79 Å². The lowest BCUT2D eigenvalue weighted by molar-refractivity contribution is -0.120. The van der Waals surface area contributed by atoms with E-state index in [0.29, 0.717) is 25.1 Å². The number of nitrogens with one attached hydrogen (secondary N) is 2. The van der Waals surface area contributed by atoms with Crippen molar-refractivity contribution in [2.45, 2.75) is 33.6 Å². The van der Waals surface area contributed by atoms with Crippen LogP contribution < -0.4 is 10.6 Å². The van der Waals surface area contributed by atoms with Crippen molar-refractivity contribution in [3.63, 3.8) is 0 Å². The van der Waals surface area contributed by atoms with Gasteiger partial charge in [0.1, 0.15) is 0 Å². The highest BCUT2D eigenvalue weighted by atomic mass is 16.5. The summed E-state index contributed by atoms with van der Waals surface area (Å²) in [6.07, 6.45) is 1.94. The van der Waals surface area contributed by atoms with Crippen molar-refractivity contribution in [2.24, 2.45) is 5.41 Å². The van der Waals surface area contributed by atoms with Gasteiger partial charge < -0.3 is 15.4 Å². The maximum atomic E-state index is 11.3. The highest BCUT2D eigenvalue weighted by molar-refractivity contribution is 5.77. The molecule has 0 aliphatic heterocycles. The molecule has 0 aromatic heterocycles. The Labute approximate surface area is 99.1 Å². The van der Waals surface area contributed by atoms with E-state index in [1.807, 2.05) is 0 Å². The van der Waals surface area contributed by atoms with E-state index < -0.39 is 0 Å². The number of rotatable bonds is 8. The third-order valence-electron chi connectivity index (χ3n) is 2.18. The van der Waals surface area contributed by atoms with Crippen LogP contribution in [-0.2, 0) is 9.53 Å². The normalized spacial score (nSPS) is 11.5. The van der Waals surface area contributed by atoms with Crippen LogP contribution in [0.3, 0.4) is 0 Å². The number of methoxy groups -OCH3 is 1. The number of amides is 1. The van der Waals surface area contributed by atoms with E-state index in [2.05, 4.69) is 31.4 Å². The maximum absolute atomic E-state index is 11.3. The van der Waals surface area contributed by atoms with E-state index in [-0.39, 0.29) is 5.91 Å². The van der Waals surface area contributed by atoms with Crippen LogP contribution in [0.2, 0.25) is 0 Å². The van der Waals surface area contributed by atoms with E-state index in [1.54, 1.807) is 7.11 Å². The van der Waals surface area contributed by atoms with Crippen LogP contribution in [0, 0.1) is 5.41 Å². The summed E-state index contributed by atoms with van der Waals surface area (Å²) >= 11 is 0. The molecular weight excluding hydrogens is 204 g/mol. The Kier molecular flexibility index (Phi) is 8.21. The third-order valence-corrected chi connectivity index (χ3v) is 2.18. The van der Waals surface area contributed by atoms with E-state index in [1.165, 1.54) is 0 Å². The largest absolute Gasteiger partial charge is 0.385 e. The van der Waals surface area contributed by atoms with Gasteiger partial charge in [-0.05, 0) is 24.8 Å². The predicted octanol–water partition coefficient (Wildman–Crippen LogP) is 1.16. The molecule has 2 N–H and O–H groups in total. The second kappa shape index (κ2) is 8.53. The molecule has 0 heterocycles. The Balaban J connectivity index is 3.31. The zero-order chi connectivity index (χ0) is 12.4. The molecule has 0 radical (unpaired) electrons. The van der Waals surface area contributed by atoms with Gasteiger partial charge in [0.2, 0.25) is 5.91 Å². The summed E-state index contributed by atoms with van der Waals surface area (Å²) in [7, 11) is 1.66. The van der Waals surface area contributed by atoms with Gasteiger partial charge in [-0.1, -0.05) is 20.8 Å². The first-order valence-corrected chi connectivity index (χ1v) is 5.92. The second-order valence-electron chi connectivity index (χ2n) is 5.18. The number of hydrogen-bond acceptors (Lipinski definition) is 3. The standard InChI is InChI=1S/C12H26N2O2/c1-12(2,3)6-8-13-10-11(15)14-7-5-9-16-4/h13H,5-10H2,1-4H3,(H,14,15). The number of carbonyl (C=O) groups is 1. The van der Waals surface area contributed by atoms with Crippen LogP contribution in [0.1, 0.15) is 33.6 Å². The lowest BCUT2D eigenvalue weighted by Crippen LogP contribution is -2.35. The van der Waals surface area contributed by atoms with Crippen molar-refractivity contribution < 1.29 is 9.53 Å². The fourth-order valence-electron chi connectivity index (χ4n) is 1.17. The first-order chi connectivity index (χ1) is 7.45. The summed E-state index contributed by atoms with van der Waals surface area (Å²) in [4.78, 5) is 11.3. The highest BCUT2D eigenvalue weighted by Gasteiger charge is 2.09. The van der Waals surface area contributed by atoms with Crippen LogP contribution in [0.15, 0.2) is 0 Å². The minimum absolute atomic E-state index is 0.0602. The van der Waals surface area contributed by atoms with Crippen LogP contribution in [-0.4, -0.2) is 39.3 Å². The molecule has 0 fully saturated rings. The molecule has 0 aromatic carbocycles. The summed E-state index contributed by atoms with van der Waals surface area (Å²) in [6, 6.07) is 0. The van der Waals surface area contributed by atoms with Crippen molar-refractivity contribution in [1.29, 1.82) is 0 Å². The van der Waals surface area contributed by atoms with Gasteiger partial charge in [-0.25, -0.2) is 0 Å². The molecule has 0 saturated carbocycles. The third kappa shape index (κ3) is 11.5. The molecular formula is C12H26N2O2. The molecule has 0 aromatic rings.